The highest BCUT2D eigenvalue weighted by Gasteiger charge is 2.19. The Morgan fingerprint density at radius 1 is 1.09 bits per heavy atom. The Labute approximate surface area is 127 Å². The number of carbonyl (C=O) groups is 1. The van der Waals surface area contributed by atoms with E-state index < -0.39 is 5.69 Å². The highest BCUT2D eigenvalue weighted by molar-refractivity contribution is 5.81. The van der Waals surface area contributed by atoms with Crippen LogP contribution in [0.3, 0.4) is 0 Å². The molecule has 1 aliphatic heterocycles. The van der Waals surface area contributed by atoms with Gasteiger partial charge in [-0.3, -0.25) is 18.7 Å². The van der Waals surface area contributed by atoms with Crippen molar-refractivity contribution < 1.29 is 4.79 Å². The number of hydrogen-bond donors (Lipinski definition) is 0. The molecule has 0 radical (unpaired) electrons. The lowest BCUT2D eigenvalue weighted by molar-refractivity contribution is -0.132. The maximum Gasteiger partial charge on any atom is 0.331 e. The number of amides is 1. The Hall–Kier alpha value is -2.37. The third-order valence-electron chi connectivity index (χ3n) is 4.25. The van der Waals surface area contributed by atoms with Crippen LogP contribution >= 0.6 is 0 Å². The summed E-state index contributed by atoms with van der Waals surface area (Å²) in [6.07, 6.45) is 3.16. The maximum atomic E-state index is 12.4. The SMILES string of the molecule is Cn1c(=O)c2ccccc2n(CC(=O)N2CCCCC2)c1=O. The fourth-order valence-electron chi connectivity index (χ4n) is 2.97. The lowest BCUT2D eigenvalue weighted by Crippen LogP contribution is -2.43. The predicted octanol–water partition coefficient (Wildman–Crippen LogP) is 0.713. The first-order valence-electron chi connectivity index (χ1n) is 7.56. The Morgan fingerprint density at radius 3 is 2.50 bits per heavy atom. The molecule has 0 saturated carbocycles. The summed E-state index contributed by atoms with van der Waals surface area (Å²) in [6, 6.07) is 6.91. The summed E-state index contributed by atoms with van der Waals surface area (Å²) >= 11 is 0. The summed E-state index contributed by atoms with van der Waals surface area (Å²) in [5, 5.41) is 0.455. The van der Waals surface area contributed by atoms with Crippen molar-refractivity contribution in [3.05, 3.63) is 45.1 Å². The van der Waals surface area contributed by atoms with Gasteiger partial charge in [0.15, 0.2) is 0 Å². The van der Waals surface area contributed by atoms with E-state index in [4.69, 9.17) is 0 Å². The standard InChI is InChI=1S/C16H19N3O3/c1-17-15(21)12-7-3-4-8-13(12)19(16(17)22)11-14(20)18-9-5-2-6-10-18/h3-4,7-8H,2,5-6,9-11H2,1H3. The average molecular weight is 301 g/mol. The number of likely N-dealkylation sites (tertiary alicyclic amines) is 1. The van der Waals surface area contributed by atoms with Gasteiger partial charge in [-0.25, -0.2) is 4.79 Å². The van der Waals surface area contributed by atoms with E-state index in [-0.39, 0.29) is 18.0 Å². The second-order valence-electron chi connectivity index (χ2n) is 5.69. The van der Waals surface area contributed by atoms with E-state index in [1.807, 2.05) is 0 Å². The first-order chi connectivity index (χ1) is 10.6. The van der Waals surface area contributed by atoms with Crippen molar-refractivity contribution in [3.63, 3.8) is 0 Å². The zero-order valence-electron chi connectivity index (χ0n) is 12.6. The van der Waals surface area contributed by atoms with Crippen LogP contribution < -0.4 is 11.2 Å². The van der Waals surface area contributed by atoms with Gasteiger partial charge in [0.25, 0.3) is 5.56 Å². The first-order valence-corrected chi connectivity index (χ1v) is 7.56. The summed E-state index contributed by atoms with van der Waals surface area (Å²) in [5.41, 5.74) is -0.266. The lowest BCUT2D eigenvalue weighted by atomic mass is 10.1. The Balaban J connectivity index is 2.05. The number of nitrogens with zero attached hydrogens (tertiary/aromatic N) is 3. The topological polar surface area (TPSA) is 64.3 Å². The van der Waals surface area contributed by atoms with Crippen LogP contribution in [0.15, 0.2) is 33.9 Å². The van der Waals surface area contributed by atoms with Gasteiger partial charge in [-0.15, -0.1) is 0 Å². The molecule has 6 heteroatoms. The van der Waals surface area contributed by atoms with Gasteiger partial charge in [0.2, 0.25) is 5.91 Å². The van der Waals surface area contributed by atoms with Gasteiger partial charge in [0.1, 0.15) is 6.54 Å². The van der Waals surface area contributed by atoms with Crippen LogP contribution in [-0.2, 0) is 18.4 Å². The van der Waals surface area contributed by atoms with Crippen LogP contribution in [-0.4, -0.2) is 33.0 Å². The van der Waals surface area contributed by atoms with Crippen molar-refractivity contribution in [2.24, 2.45) is 7.05 Å². The molecule has 2 aromatic rings. The minimum Gasteiger partial charge on any atom is -0.341 e. The molecule has 1 aromatic heterocycles. The molecule has 0 bridgehead atoms. The molecule has 1 amide bonds. The summed E-state index contributed by atoms with van der Waals surface area (Å²) in [5.74, 6) is -0.0643. The number of hydrogen-bond acceptors (Lipinski definition) is 3. The molecule has 3 rings (SSSR count). The number of benzene rings is 1. The van der Waals surface area contributed by atoms with Gasteiger partial charge in [0, 0.05) is 20.1 Å². The fraction of sp³-hybridized carbons (Fsp3) is 0.438. The number of carbonyl (C=O) groups excluding carboxylic acids is 1. The second kappa shape index (κ2) is 5.79. The van der Waals surface area contributed by atoms with Gasteiger partial charge in [-0.1, -0.05) is 12.1 Å². The van der Waals surface area contributed by atoms with Crippen LogP contribution in [0.25, 0.3) is 10.9 Å². The molecule has 1 saturated heterocycles. The monoisotopic (exact) mass is 301 g/mol. The van der Waals surface area contributed by atoms with E-state index >= 15 is 0 Å². The van der Waals surface area contributed by atoms with Crippen molar-refractivity contribution in [1.29, 1.82) is 0 Å². The molecule has 0 aliphatic carbocycles. The third kappa shape index (κ3) is 2.45. The minimum atomic E-state index is -0.450. The molecule has 0 N–H and O–H groups in total. The average Bonchev–Trinajstić information content (AvgIpc) is 2.57. The van der Waals surface area contributed by atoms with E-state index in [1.165, 1.54) is 11.6 Å². The minimum absolute atomic E-state index is 0.0204. The molecule has 116 valence electrons. The zero-order valence-corrected chi connectivity index (χ0v) is 12.6. The van der Waals surface area contributed by atoms with Crippen molar-refractivity contribution in [1.82, 2.24) is 14.0 Å². The number of para-hydroxylation sites is 1. The van der Waals surface area contributed by atoms with Gasteiger partial charge >= 0.3 is 5.69 Å². The molecule has 2 heterocycles. The maximum absolute atomic E-state index is 12.4. The van der Waals surface area contributed by atoms with Crippen LogP contribution in [0, 0.1) is 0 Å². The van der Waals surface area contributed by atoms with E-state index in [1.54, 1.807) is 29.2 Å². The highest BCUT2D eigenvalue weighted by Crippen LogP contribution is 2.11. The van der Waals surface area contributed by atoms with E-state index in [2.05, 4.69) is 0 Å². The van der Waals surface area contributed by atoms with E-state index in [0.717, 1.165) is 36.9 Å². The summed E-state index contributed by atoms with van der Waals surface area (Å²) in [4.78, 5) is 38.8. The van der Waals surface area contributed by atoms with Gasteiger partial charge in [-0.2, -0.15) is 0 Å². The molecule has 0 spiro atoms. The van der Waals surface area contributed by atoms with Crippen LogP contribution in [0.2, 0.25) is 0 Å². The number of piperidine rings is 1. The fourth-order valence-corrected chi connectivity index (χ4v) is 2.97. The predicted molar refractivity (Wildman–Crippen MR) is 83.9 cm³/mol. The van der Waals surface area contributed by atoms with Crippen LogP contribution in [0.5, 0.6) is 0 Å². The molecule has 22 heavy (non-hydrogen) atoms. The van der Waals surface area contributed by atoms with Gasteiger partial charge < -0.3 is 4.90 Å². The van der Waals surface area contributed by atoms with Crippen molar-refractivity contribution in [3.8, 4) is 0 Å². The molecular weight excluding hydrogens is 282 g/mol. The van der Waals surface area contributed by atoms with Crippen molar-refractivity contribution in [2.45, 2.75) is 25.8 Å². The normalized spacial score (nSPS) is 15.2. The molecule has 0 atom stereocenters. The molecular formula is C16H19N3O3. The molecule has 1 fully saturated rings. The van der Waals surface area contributed by atoms with Gasteiger partial charge in [0.05, 0.1) is 10.9 Å². The van der Waals surface area contributed by atoms with Gasteiger partial charge in [-0.05, 0) is 31.4 Å². The van der Waals surface area contributed by atoms with E-state index in [0.29, 0.717) is 10.9 Å². The molecule has 0 unspecified atom stereocenters. The smallest absolute Gasteiger partial charge is 0.331 e. The third-order valence-corrected chi connectivity index (χ3v) is 4.25. The largest absolute Gasteiger partial charge is 0.341 e. The molecule has 6 nitrogen and oxygen atoms in total. The number of rotatable bonds is 2. The summed E-state index contributed by atoms with van der Waals surface area (Å²) < 4.78 is 2.46. The highest BCUT2D eigenvalue weighted by atomic mass is 16.2. The second-order valence-corrected chi connectivity index (χ2v) is 5.69. The Kier molecular flexibility index (Phi) is 3.83. The van der Waals surface area contributed by atoms with Crippen LogP contribution in [0.4, 0.5) is 0 Å². The lowest BCUT2D eigenvalue weighted by Gasteiger charge is -2.27. The number of aromatic nitrogens is 2. The van der Waals surface area contributed by atoms with E-state index in [9.17, 15) is 14.4 Å². The van der Waals surface area contributed by atoms with Crippen molar-refractivity contribution in [2.75, 3.05) is 13.1 Å². The number of fused-ring (bicyclic) bond motifs is 1. The zero-order chi connectivity index (χ0) is 15.7. The molecule has 1 aliphatic rings. The van der Waals surface area contributed by atoms with Crippen LogP contribution in [0.1, 0.15) is 19.3 Å². The first kappa shape index (κ1) is 14.6. The molecule has 1 aromatic carbocycles. The quantitative estimate of drug-likeness (QED) is 0.821. The van der Waals surface area contributed by atoms with Crippen molar-refractivity contribution >= 4 is 16.8 Å². The Bertz CT molecular complexity index is 829. The summed E-state index contributed by atoms with van der Waals surface area (Å²) in [7, 11) is 1.44. The summed E-state index contributed by atoms with van der Waals surface area (Å²) in [6.45, 7) is 1.47. The Morgan fingerprint density at radius 2 is 1.77 bits per heavy atom.